The molecule has 0 spiro atoms. The third-order valence-corrected chi connectivity index (χ3v) is 4.98. The summed E-state index contributed by atoms with van der Waals surface area (Å²) in [7, 11) is 1.58. The quantitative estimate of drug-likeness (QED) is 0.471. The molecule has 27 heavy (non-hydrogen) atoms. The van der Waals surface area contributed by atoms with Crippen molar-refractivity contribution in [1.29, 1.82) is 0 Å². The largest absolute Gasteiger partial charge is 0.497 e. The first-order valence-corrected chi connectivity index (χ1v) is 10.1. The zero-order chi connectivity index (χ0) is 19.5. The van der Waals surface area contributed by atoms with Gasteiger partial charge in [-0.25, -0.2) is 0 Å². The number of ether oxygens (including phenoxy) is 1. The van der Waals surface area contributed by atoms with Crippen molar-refractivity contribution >= 4 is 29.3 Å². The summed E-state index contributed by atoms with van der Waals surface area (Å²) >= 11 is 1.35. The maximum Gasteiger partial charge on any atom is 0.252 e. The Morgan fingerprint density at radius 2 is 1.89 bits per heavy atom. The van der Waals surface area contributed by atoms with Gasteiger partial charge in [0.25, 0.3) is 5.91 Å². The summed E-state index contributed by atoms with van der Waals surface area (Å²) < 4.78 is 5.15. The molecule has 0 heterocycles. The molecular formula is C21H26N2O3S. The summed E-state index contributed by atoms with van der Waals surface area (Å²) in [6, 6.07) is 14.6. The fraction of sp³-hybridized carbons (Fsp3) is 0.333. The van der Waals surface area contributed by atoms with Gasteiger partial charge in [-0.05, 0) is 30.7 Å². The highest BCUT2D eigenvalue weighted by Crippen LogP contribution is 2.23. The van der Waals surface area contributed by atoms with Gasteiger partial charge in [0.2, 0.25) is 5.91 Å². The van der Waals surface area contributed by atoms with Crippen LogP contribution in [0.15, 0.2) is 53.4 Å². The lowest BCUT2D eigenvalue weighted by Crippen LogP contribution is -2.25. The normalized spacial score (nSPS) is 10.3. The zero-order valence-electron chi connectivity index (χ0n) is 15.8. The van der Waals surface area contributed by atoms with Gasteiger partial charge in [-0.15, -0.1) is 11.8 Å². The smallest absolute Gasteiger partial charge is 0.252 e. The predicted molar refractivity (Wildman–Crippen MR) is 111 cm³/mol. The highest BCUT2D eigenvalue weighted by molar-refractivity contribution is 8.00. The van der Waals surface area contributed by atoms with Gasteiger partial charge in [0.15, 0.2) is 0 Å². The van der Waals surface area contributed by atoms with E-state index in [4.69, 9.17) is 4.74 Å². The molecule has 2 aromatic carbocycles. The van der Waals surface area contributed by atoms with Crippen LogP contribution in [-0.4, -0.2) is 31.2 Å². The van der Waals surface area contributed by atoms with Crippen molar-refractivity contribution in [2.75, 3.05) is 24.7 Å². The van der Waals surface area contributed by atoms with Gasteiger partial charge in [0.05, 0.1) is 18.4 Å². The summed E-state index contributed by atoms with van der Waals surface area (Å²) in [6.45, 7) is 2.80. The van der Waals surface area contributed by atoms with Gasteiger partial charge in [0.1, 0.15) is 5.75 Å². The van der Waals surface area contributed by atoms with Crippen LogP contribution in [-0.2, 0) is 4.79 Å². The highest BCUT2D eigenvalue weighted by atomic mass is 32.2. The summed E-state index contributed by atoms with van der Waals surface area (Å²) in [5, 5.41) is 5.79. The third kappa shape index (κ3) is 6.98. The summed E-state index contributed by atoms with van der Waals surface area (Å²) in [6.07, 6.45) is 3.19. The fourth-order valence-electron chi connectivity index (χ4n) is 2.49. The number of benzene rings is 2. The molecule has 0 fully saturated rings. The number of hydrogen-bond donors (Lipinski definition) is 2. The fourth-order valence-corrected chi connectivity index (χ4v) is 3.34. The minimum absolute atomic E-state index is 0.0950. The third-order valence-electron chi connectivity index (χ3n) is 3.91. The maximum absolute atomic E-state index is 12.4. The monoisotopic (exact) mass is 386 g/mol. The van der Waals surface area contributed by atoms with E-state index < -0.39 is 0 Å². The van der Waals surface area contributed by atoms with Crippen molar-refractivity contribution in [3.63, 3.8) is 0 Å². The molecule has 0 atom stereocenters. The summed E-state index contributed by atoms with van der Waals surface area (Å²) in [4.78, 5) is 25.4. The number of hydrogen-bond acceptors (Lipinski definition) is 4. The molecule has 6 heteroatoms. The van der Waals surface area contributed by atoms with E-state index in [1.54, 1.807) is 19.2 Å². The molecule has 0 radical (unpaired) electrons. The summed E-state index contributed by atoms with van der Waals surface area (Å²) in [5.74, 6) is 0.677. The topological polar surface area (TPSA) is 67.4 Å². The molecule has 2 N–H and O–H groups in total. The highest BCUT2D eigenvalue weighted by Gasteiger charge is 2.12. The molecule has 144 valence electrons. The molecule has 0 bridgehead atoms. The van der Waals surface area contributed by atoms with Crippen molar-refractivity contribution in [2.24, 2.45) is 0 Å². The van der Waals surface area contributed by atoms with Crippen LogP contribution in [0.3, 0.4) is 0 Å². The maximum atomic E-state index is 12.4. The van der Waals surface area contributed by atoms with Gasteiger partial charge < -0.3 is 15.4 Å². The van der Waals surface area contributed by atoms with Crippen molar-refractivity contribution < 1.29 is 14.3 Å². The van der Waals surface area contributed by atoms with E-state index in [-0.39, 0.29) is 17.6 Å². The van der Waals surface area contributed by atoms with Gasteiger partial charge in [-0.3, -0.25) is 9.59 Å². The second kappa shape index (κ2) is 11.3. The Kier molecular flexibility index (Phi) is 8.71. The molecule has 0 saturated heterocycles. The predicted octanol–water partition coefficient (Wildman–Crippen LogP) is 4.35. The second-order valence-corrected chi connectivity index (χ2v) is 7.05. The lowest BCUT2D eigenvalue weighted by atomic mass is 10.2. The average molecular weight is 387 g/mol. The average Bonchev–Trinajstić information content (AvgIpc) is 2.70. The van der Waals surface area contributed by atoms with Gasteiger partial charge in [0, 0.05) is 23.2 Å². The van der Waals surface area contributed by atoms with Crippen molar-refractivity contribution in [3.05, 3.63) is 54.1 Å². The SMILES string of the molecule is CCCCCNC(=O)c1ccccc1SCC(=O)Nc1cccc(OC)c1. The van der Waals surface area contributed by atoms with Crippen LogP contribution in [0.4, 0.5) is 5.69 Å². The number of thioether (sulfide) groups is 1. The first kappa shape index (κ1) is 20.8. The molecule has 0 aliphatic rings. The summed E-state index contributed by atoms with van der Waals surface area (Å²) in [5.41, 5.74) is 1.29. The van der Waals surface area contributed by atoms with Crippen LogP contribution < -0.4 is 15.4 Å². The first-order valence-electron chi connectivity index (χ1n) is 9.08. The molecule has 2 amide bonds. The van der Waals surface area contributed by atoms with E-state index in [0.29, 0.717) is 23.5 Å². The first-order chi connectivity index (χ1) is 13.1. The number of unbranched alkanes of at least 4 members (excludes halogenated alkanes) is 2. The number of amides is 2. The van der Waals surface area contributed by atoms with E-state index >= 15 is 0 Å². The minimum atomic E-state index is -0.133. The van der Waals surface area contributed by atoms with Crippen LogP contribution in [0.2, 0.25) is 0 Å². The van der Waals surface area contributed by atoms with Crippen molar-refractivity contribution in [1.82, 2.24) is 5.32 Å². The van der Waals surface area contributed by atoms with Crippen molar-refractivity contribution in [2.45, 2.75) is 31.1 Å². The van der Waals surface area contributed by atoms with Crippen molar-refractivity contribution in [3.8, 4) is 5.75 Å². The van der Waals surface area contributed by atoms with E-state index in [1.807, 2.05) is 36.4 Å². The number of nitrogens with one attached hydrogen (secondary N) is 2. The molecule has 0 aliphatic heterocycles. The Morgan fingerprint density at radius 3 is 2.67 bits per heavy atom. The van der Waals surface area contributed by atoms with Gasteiger partial charge in [-0.2, -0.15) is 0 Å². The molecule has 5 nitrogen and oxygen atoms in total. The Hall–Kier alpha value is -2.47. The molecule has 0 unspecified atom stereocenters. The van der Waals surface area contributed by atoms with Crippen LogP contribution in [0.25, 0.3) is 0 Å². The molecule has 0 aliphatic carbocycles. The Labute approximate surface area is 164 Å². The van der Waals surface area contributed by atoms with E-state index in [1.165, 1.54) is 11.8 Å². The van der Waals surface area contributed by atoms with E-state index in [0.717, 1.165) is 24.2 Å². The van der Waals surface area contributed by atoms with Crippen LogP contribution in [0, 0.1) is 0 Å². The zero-order valence-corrected chi connectivity index (χ0v) is 16.6. The number of anilines is 1. The van der Waals surface area contributed by atoms with Crippen LogP contribution in [0.5, 0.6) is 5.75 Å². The Balaban J connectivity index is 1.91. The number of rotatable bonds is 10. The van der Waals surface area contributed by atoms with E-state index in [9.17, 15) is 9.59 Å². The number of methoxy groups -OCH3 is 1. The standard InChI is InChI=1S/C21H26N2O3S/c1-3-4-7-13-22-21(25)18-11-5-6-12-19(18)27-15-20(24)23-16-9-8-10-17(14-16)26-2/h5-6,8-12,14H,3-4,7,13,15H2,1-2H3,(H,22,25)(H,23,24). The Bertz CT molecular complexity index is 765. The molecule has 2 rings (SSSR count). The lowest BCUT2D eigenvalue weighted by Gasteiger charge is -2.10. The molecule has 0 aromatic heterocycles. The van der Waals surface area contributed by atoms with Gasteiger partial charge in [-0.1, -0.05) is 38.0 Å². The van der Waals surface area contributed by atoms with E-state index in [2.05, 4.69) is 17.6 Å². The minimum Gasteiger partial charge on any atom is -0.497 e. The van der Waals surface area contributed by atoms with Gasteiger partial charge >= 0.3 is 0 Å². The molecular weight excluding hydrogens is 360 g/mol. The molecule has 0 saturated carbocycles. The Morgan fingerprint density at radius 1 is 1.07 bits per heavy atom. The second-order valence-electron chi connectivity index (χ2n) is 6.03. The number of carbonyl (C=O) groups excluding carboxylic acids is 2. The number of carbonyl (C=O) groups is 2. The lowest BCUT2D eigenvalue weighted by molar-refractivity contribution is -0.113. The van der Waals surface area contributed by atoms with Crippen LogP contribution in [0.1, 0.15) is 36.5 Å². The van der Waals surface area contributed by atoms with Crippen LogP contribution >= 0.6 is 11.8 Å². The molecule has 2 aromatic rings.